The molecule has 0 saturated carbocycles. The molecule has 21 heavy (non-hydrogen) atoms. The first-order valence-electron chi connectivity index (χ1n) is 6.16. The van der Waals surface area contributed by atoms with E-state index in [4.69, 9.17) is 5.73 Å². The van der Waals surface area contributed by atoms with E-state index < -0.39 is 11.6 Å². The summed E-state index contributed by atoms with van der Waals surface area (Å²) < 4.78 is 27.0. The summed E-state index contributed by atoms with van der Waals surface area (Å²) in [5, 5.41) is 2.59. The van der Waals surface area contributed by atoms with Crippen LogP contribution in [0.3, 0.4) is 0 Å². The number of halogens is 3. The third-order valence-corrected chi connectivity index (χ3v) is 3.57. The van der Waals surface area contributed by atoms with Gasteiger partial charge in [0.25, 0.3) is 5.91 Å². The molecule has 6 heteroatoms. The average molecular weight is 355 g/mol. The number of anilines is 1. The summed E-state index contributed by atoms with van der Waals surface area (Å²) in [5.41, 5.74) is 7.55. The molecule has 0 heterocycles. The first-order valence-corrected chi connectivity index (χ1v) is 6.95. The maximum Gasteiger partial charge on any atom is 0.251 e. The molecule has 0 aliphatic rings. The lowest BCUT2D eigenvalue weighted by atomic mass is 10.1. The fraction of sp³-hybridized carbons (Fsp3) is 0.133. The Morgan fingerprint density at radius 3 is 2.67 bits per heavy atom. The predicted molar refractivity (Wildman–Crippen MR) is 80.8 cm³/mol. The van der Waals surface area contributed by atoms with Crippen molar-refractivity contribution in [3.05, 3.63) is 63.1 Å². The Labute approximate surface area is 129 Å². The van der Waals surface area contributed by atoms with Crippen molar-refractivity contribution in [2.45, 2.75) is 13.5 Å². The molecule has 0 radical (unpaired) electrons. The molecule has 2 aromatic carbocycles. The molecule has 3 N–H and O–H groups in total. The Balaban J connectivity index is 2.15. The summed E-state index contributed by atoms with van der Waals surface area (Å²) in [6, 6.07) is 6.57. The highest BCUT2D eigenvalue weighted by Crippen LogP contribution is 2.22. The number of hydrogen-bond acceptors (Lipinski definition) is 2. The Hall–Kier alpha value is -1.95. The number of hydrogen-bond donors (Lipinski definition) is 2. The number of nitrogen functional groups attached to an aromatic ring is 1. The monoisotopic (exact) mass is 354 g/mol. The quantitative estimate of drug-likeness (QED) is 0.828. The highest BCUT2D eigenvalue weighted by Gasteiger charge is 2.13. The van der Waals surface area contributed by atoms with E-state index >= 15 is 0 Å². The molecule has 0 bridgehead atoms. The van der Waals surface area contributed by atoms with Crippen molar-refractivity contribution in [2.24, 2.45) is 0 Å². The maximum absolute atomic E-state index is 13.5. The van der Waals surface area contributed by atoms with Gasteiger partial charge in [-0.05, 0) is 30.7 Å². The molecule has 110 valence electrons. The number of carbonyl (C=O) groups is 1. The second kappa shape index (κ2) is 6.22. The van der Waals surface area contributed by atoms with Crippen molar-refractivity contribution in [3.8, 4) is 0 Å². The Kier molecular flexibility index (Phi) is 4.57. The fourth-order valence-electron chi connectivity index (χ4n) is 1.87. The molecule has 0 fully saturated rings. The fourth-order valence-corrected chi connectivity index (χ4v) is 2.35. The van der Waals surface area contributed by atoms with Crippen molar-refractivity contribution in [3.63, 3.8) is 0 Å². The van der Waals surface area contributed by atoms with Gasteiger partial charge in [0, 0.05) is 33.9 Å². The van der Waals surface area contributed by atoms with Crippen LogP contribution in [0.15, 0.2) is 34.8 Å². The summed E-state index contributed by atoms with van der Waals surface area (Å²) in [7, 11) is 0. The van der Waals surface area contributed by atoms with Crippen molar-refractivity contribution < 1.29 is 13.6 Å². The first kappa shape index (κ1) is 15.4. The number of rotatable bonds is 3. The van der Waals surface area contributed by atoms with E-state index in [0.29, 0.717) is 21.3 Å². The average Bonchev–Trinajstić information content (AvgIpc) is 2.41. The lowest BCUT2D eigenvalue weighted by Crippen LogP contribution is -2.24. The van der Waals surface area contributed by atoms with Crippen LogP contribution < -0.4 is 11.1 Å². The molecule has 3 nitrogen and oxygen atoms in total. The zero-order valence-electron chi connectivity index (χ0n) is 11.2. The van der Waals surface area contributed by atoms with E-state index in [2.05, 4.69) is 21.2 Å². The van der Waals surface area contributed by atoms with Crippen LogP contribution in [0.2, 0.25) is 0 Å². The minimum atomic E-state index is -0.694. The van der Waals surface area contributed by atoms with Crippen LogP contribution in [0, 0.1) is 18.6 Å². The molecular weight excluding hydrogens is 342 g/mol. The van der Waals surface area contributed by atoms with Crippen LogP contribution >= 0.6 is 15.9 Å². The molecule has 0 aromatic heterocycles. The van der Waals surface area contributed by atoms with Gasteiger partial charge in [-0.1, -0.05) is 22.0 Å². The Morgan fingerprint density at radius 2 is 2.00 bits per heavy atom. The summed E-state index contributed by atoms with van der Waals surface area (Å²) in [6.45, 7) is 1.70. The van der Waals surface area contributed by atoms with Crippen LogP contribution in [0.1, 0.15) is 21.5 Å². The SMILES string of the molecule is Cc1c(N)cc(Br)cc1C(=O)NCc1ccc(F)cc1F. The van der Waals surface area contributed by atoms with Gasteiger partial charge in [-0.15, -0.1) is 0 Å². The van der Waals surface area contributed by atoms with E-state index in [0.717, 1.165) is 12.1 Å². The molecule has 0 atom stereocenters. The predicted octanol–water partition coefficient (Wildman–Crippen LogP) is 3.55. The topological polar surface area (TPSA) is 55.1 Å². The largest absolute Gasteiger partial charge is 0.398 e. The van der Waals surface area contributed by atoms with Gasteiger partial charge in [0.05, 0.1) is 0 Å². The number of amides is 1. The molecule has 1 amide bonds. The third kappa shape index (κ3) is 3.58. The minimum Gasteiger partial charge on any atom is -0.398 e. The van der Waals surface area contributed by atoms with E-state index in [-0.39, 0.29) is 18.0 Å². The number of benzene rings is 2. The molecule has 0 spiro atoms. The smallest absolute Gasteiger partial charge is 0.251 e. The van der Waals surface area contributed by atoms with E-state index in [1.165, 1.54) is 6.07 Å². The van der Waals surface area contributed by atoms with Gasteiger partial charge in [0.2, 0.25) is 0 Å². The second-order valence-electron chi connectivity index (χ2n) is 4.59. The van der Waals surface area contributed by atoms with Crippen LogP contribution in [0.25, 0.3) is 0 Å². The van der Waals surface area contributed by atoms with Gasteiger partial charge < -0.3 is 11.1 Å². The normalized spacial score (nSPS) is 10.5. The molecule has 0 saturated heterocycles. The summed E-state index contributed by atoms with van der Waals surface area (Å²) in [5.74, 6) is -1.72. The minimum absolute atomic E-state index is 0.0309. The zero-order valence-corrected chi connectivity index (χ0v) is 12.8. The van der Waals surface area contributed by atoms with Crippen LogP contribution in [0.5, 0.6) is 0 Å². The van der Waals surface area contributed by atoms with Gasteiger partial charge in [-0.2, -0.15) is 0 Å². The van der Waals surface area contributed by atoms with Crippen molar-refractivity contribution in [1.82, 2.24) is 5.32 Å². The van der Waals surface area contributed by atoms with Crippen LogP contribution in [0.4, 0.5) is 14.5 Å². The summed E-state index contributed by atoms with van der Waals surface area (Å²) in [4.78, 5) is 12.1. The Bertz CT molecular complexity index is 704. The number of nitrogens with one attached hydrogen (secondary N) is 1. The molecule has 2 rings (SSSR count). The first-order chi connectivity index (χ1) is 9.88. The van der Waals surface area contributed by atoms with Crippen LogP contribution in [-0.2, 0) is 6.54 Å². The van der Waals surface area contributed by atoms with Crippen molar-refractivity contribution in [1.29, 1.82) is 0 Å². The van der Waals surface area contributed by atoms with Gasteiger partial charge in [0.15, 0.2) is 0 Å². The highest BCUT2D eigenvalue weighted by atomic mass is 79.9. The van der Waals surface area contributed by atoms with Crippen molar-refractivity contribution in [2.75, 3.05) is 5.73 Å². The van der Waals surface area contributed by atoms with E-state index in [1.54, 1.807) is 19.1 Å². The third-order valence-electron chi connectivity index (χ3n) is 3.11. The van der Waals surface area contributed by atoms with E-state index in [1.807, 2.05) is 0 Å². The standard InChI is InChI=1S/C15H13BrF2N2O/c1-8-12(4-10(16)5-14(8)19)15(21)20-7-9-2-3-11(17)6-13(9)18/h2-6H,7,19H2,1H3,(H,20,21). The van der Waals surface area contributed by atoms with Crippen molar-refractivity contribution >= 4 is 27.5 Å². The summed E-state index contributed by atoms with van der Waals surface area (Å²) in [6.07, 6.45) is 0. The van der Waals surface area contributed by atoms with Gasteiger partial charge >= 0.3 is 0 Å². The lowest BCUT2D eigenvalue weighted by Gasteiger charge is -2.11. The molecule has 0 aliphatic carbocycles. The lowest BCUT2D eigenvalue weighted by molar-refractivity contribution is 0.0950. The molecular formula is C15H13BrF2N2O. The molecule has 0 aliphatic heterocycles. The molecule has 0 unspecified atom stereocenters. The molecule has 2 aromatic rings. The number of carbonyl (C=O) groups excluding carboxylic acids is 1. The Morgan fingerprint density at radius 1 is 1.29 bits per heavy atom. The maximum atomic E-state index is 13.5. The summed E-state index contributed by atoms with van der Waals surface area (Å²) >= 11 is 3.27. The van der Waals surface area contributed by atoms with Crippen LogP contribution in [-0.4, -0.2) is 5.91 Å². The van der Waals surface area contributed by atoms with Gasteiger partial charge in [-0.3, -0.25) is 4.79 Å². The van der Waals surface area contributed by atoms with E-state index in [9.17, 15) is 13.6 Å². The van der Waals surface area contributed by atoms with Gasteiger partial charge in [-0.25, -0.2) is 8.78 Å². The zero-order chi connectivity index (χ0) is 15.6. The van der Waals surface area contributed by atoms with Gasteiger partial charge in [0.1, 0.15) is 11.6 Å². The number of nitrogens with two attached hydrogens (primary N) is 1. The highest BCUT2D eigenvalue weighted by molar-refractivity contribution is 9.10. The second-order valence-corrected chi connectivity index (χ2v) is 5.50.